The predicted molar refractivity (Wildman–Crippen MR) is 376 cm³/mol. The van der Waals surface area contributed by atoms with E-state index in [1.54, 1.807) is 0 Å². The molecule has 18 nitrogen and oxygen atoms in total. The van der Waals surface area contributed by atoms with Crippen LogP contribution < -0.4 is 0 Å². The smallest absolute Gasteiger partial charge is 0.416 e. The van der Waals surface area contributed by atoms with E-state index in [0.717, 1.165) is 106 Å². The fraction of sp³-hybridized carbons (Fsp3) is 0.350. The van der Waals surface area contributed by atoms with Gasteiger partial charge in [0.15, 0.2) is 12.6 Å². The first-order valence-electron chi connectivity index (χ1n) is 35.4. The topological polar surface area (TPSA) is 263 Å². The fourth-order valence-electron chi connectivity index (χ4n) is 10.5. The molecule has 10 atom stereocenters. The van der Waals surface area contributed by atoms with Crippen LogP contribution in [0.5, 0.6) is 0 Å². The highest BCUT2D eigenvalue weighted by atomic mass is 19.4. The van der Waals surface area contributed by atoms with Gasteiger partial charge in [-0.2, -0.15) is 105 Å². The molecule has 0 aromatic heterocycles. The summed E-state index contributed by atoms with van der Waals surface area (Å²) in [6.07, 6.45) is -56.8. The summed E-state index contributed by atoms with van der Waals surface area (Å²) >= 11 is 0. The second-order valence-electron chi connectivity index (χ2n) is 26.2. The number of rotatable bonds is 32. The maximum atomic E-state index is 13.1. The number of benzene rings is 8. The number of carbonyl (C=O) groups is 4. The number of aliphatic hydroxyl groups is 4. The number of carbonyl (C=O) groups excluding carboxylic acids is 2. The molecule has 0 amide bonds. The zero-order valence-corrected chi connectivity index (χ0v) is 64.3. The average Bonchev–Trinajstić information content (AvgIpc) is 0.808. The van der Waals surface area contributed by atoms with E-state index in [0.29, 0.717) is 48.5 Å². The van der Waals surface area contributed by atoms with E-state index in [-0.39, 0.29) is 53.1 Å². The van der Waals surface area contributed by atoms with Gasteiger partial charge in [-0.25, -0.2) is 27.2 Å². The van der Waals surface area contributed by atoms with Crippen molar-refractivity contribution in [3.8, 4) is 0 Å². The number of halogens is 28. The van der Waals surface area contributed by atoms with Crippen LogP contribution in [0.1, 0.15) is 163 Å². The first kappa shape index (κ1) is 106. The summed E-state index contributed by atoms with van der Waals surface area (Å²) in [5.74, 6) is -7.44. The summed E-state index contributed by atoms with van der Waals surface area (Å²) in [4.78, 5) is 46.7. The van der Waals surface area contributed by atoms with Gasteiger partial charge in [-0.3, -0.25) is 9.59 Å². The number of hydrogen-bond acceptors (Lipinski definition) is 16. The van der Waals surface area contributed by atoms with Gasteiger partial charge in [0.25, 0.3) is 0 Å². The maximum absolute atomic E-state index is 13.1. The Hall–Kier alpha value is -10.4. The zero-order chi connectivity index (χ0) is 95.3. The summed E-state index contributed by atoms with van der Waals surface area (Å²) < 4.78 is 407. The highest BCUT2D eigenvalue weighted by Gasteiger charge is 2.44. The number of aliphatic carboxylic acids is 2. The molecule has 0 aliphatic carbocycles. The van der Waals surface area contributed by atoms with Crippen LogP contribution in [0, 0.1) is 23.3 Å². The second-order valence-corrected chi connectivity index (χ2v) is 26.2. The van der Waals surface area contributed by atoms with Gasteiger partial charge in [0.05, 0.1) is 95.4 Å². The average molecular weight is 1850 g/mol. The molecule has 0 fully saturated rings. The summed E-state index contributed by atoms with van der Waals surface area (Å²) in [6, 6.07) is 20.2. The van der Waals surface area contributed by atoms with Crippen molar-refractivity contribution in [3.63, 3.8) is 0 Å². The first-order chi connectivity index (χ1) is 58.0. The second kappa shape index (κ2) is 44.8. The van der Waals surface area contributed by atoms with Crippen LogP contribution in [0.15, 0.2) is 170 Å². The minimum absolute atomic E-state index is 0.00834. The van der Waals surface area contributed by atoms with Crippen molar-refractivity contribution in [2.45, 2.75) is 139 Å². The van der Waals surface area contributed by atoms with Gasteiger partial charge in [0.2, 0.25) is 24.1 Å². The molecule has 6 N–H and O–H groups in total. The molecule has 0 aliphatic rings. The Bertz CT molecular complexity index is 4710. The third-order valence-corrected chi connectivity index (χ3v) is 16.7. The minimum Gasteiger partial charge on any atom is -0.480 e. The summed E-state index contributed by atoms with van der Waals surface area (Å²) in [6.45, 7) is 0.665. The molecule has 0 aliphatic heterocycles. The molecule has 0 saturated heterocycles. The minimum atomic E-state index is -5.10. The molecule has 0 spiro atoms. The van der Waals surface area contributed by atoms with Gasteiger partial charge in [0, 0.05) is 11.1 Å². The largest absolute Gasteiger partial charge is 0.480 e. The molecule has 2 unspecified atom stereocenters. The SMILES string of the molecule is C[C@@H](O[C@@H](OCCO)C(=O)c1ccc(F)cc1)c1cc(C(F)(F)F)cc(C(F)(F)F)c1.C[C@@H](O[C@@H](OCCO)C(O)c1ccc(F)cc1)c1cc(C(F)(F)F)cc(C(F)(F)F)c1.C[C@@H](O[C@H](OCC(=O)O)C(=O)c1ccc(F)cc1)c1cc(C(F)(F)F)cc(C(F)(F)F)c1.C[C@@H](O[C@H](OCC(=O)O)C(O)c1ccc(F)cc1)c1cc(C(F)(F)F)cc(C(F)(F)F)c1. The van der Waals surface area contributed by atoms with Crippen molar-refractivity contribution < 1.29 is 211 Å². The van der Waals surface area contributed by atoms with Gasteiger partial charge >= 0.3 is 61.3 Å². The van der Waals surface area contributed by atoms with Gasteiger partial charge in [0.1, 0.15) is 48.7 Å². The highest BCUT2D eigenvalue weighted by molar-refractivity contribution is 5.99. The Morgan fingerprint density at radius 2 is 0.492 bits per heavy atom. The molecule has 0 bridgehead atoms. The monoisotopic (exact) mass is 1850 g/mol. The van der Waals surface area contributed by atoms with Gasteiger partial charge < -0.3 is 68.5 Å². The molecule has 126 heavy (non-hydrogen) atoms. The summed E-state index contributed by atoms with van der Waals surface area (Å²) in [5, 5.41) is 56.3. The van der Waals surface area contributed by atoms with Crippen LogP contribution in [0.2, 0.25) is 0 Å². The fourth-order valence-corrected chi connectivity index (χ4v) is 10.5. The lowest BCUT2D eigenvalue weighted by molar-refractivity contribution is -0.220. The van der Waals surface area contributed by atoms with Crippen LogP contribution in [0.4, 0.5) is 123 Å². The zero-order valence-electron chi connectivity index (χ0n) is 64.3. The third-order valence-electron chi connectivity index (χ3n) is 16.7. The quantitative estimate of drug-likeness (QED) is 0.0130. The number of alkyl halides is 24. The Balaban J connectivity index is 0.000000298. The Labute approximate surface area is 692 Å². The van der Waals surface area contributed by atoms with E-state index in [1.165, 1.54) is 19.1 Å². The Morgan fingerprint density at radius 1 is 0.286 bits per heavy atom. The first-order valence-corrected chi connectivity index (χ1v) is 35.4. The van der Waals surface area contributed by atoms with Crippen molar-refractivity contribution in [1.82, 2.24) is 0 Å². The van der Waals surface area contributed by atoms with E-state index in [2.05, 4.69) is 0 Å². The van der Waals surface area contributed by atoms with Crippen molar-refractivity contribution in [1.29, 1.82) is 0 Å². The van der Waals surface area contributed by atoms with E-state index in [9.17, 15) is 152 Å². The van der Waals surface area contributed by atoms with Crippen molar-refractivity contribution in [2.75, 3.05) is 39.6 Å². The molecule has 0 heterocycles. The molecule has 46 heteroatoms. The number of carboxylic acid groups (broad SMARTS) is 2. The number of Topliss-reactive ketones (excluding diaryl/α,β-unsaturated/α-hetero) is 2. The number of hydrogen-bond donors (Lipinski definition) is 6. The number of carboxylic acids is 2. The van der Waals surface area contributed by atoms with E-state index < -0.39 is 258 Å². The van der Waals surface area contributed by atoms with Crippen molar-refractivity contribution >= 4 is 23.5 Å². The van der Waals surface area contributed by atoms with Crippen LogP contribution in [0.3, 0.4) is 0 Å². The van der Waals surface area contributed by atoms with Crippen LogP contribution >= 0.6 is 0 Å². The van der Waals surface area contributed by atoms with E-state index >= 15 is 0 Å². The highest BCUT2D eigenvalue weighted by Crippen LogP contribution is 2.44. The molecule has 0 radical (unpaired) electrons. The lowest BCUT2D eigenvalue weighted by Crippen LogP contribution is -2.31. The normalized spacial score (nSPS) is 14.8. The Kier molecular flexibility index (Phi) is 37.8. The molecule has 8 rings (SSSR count). The molecule has 692 valence electrons. The molecule has 8 aromatic carbocycles. The lowest BCUT2D eigenvalue weighted by atomic mass is 10.0. The van der Waals surface area contributed by atoms with Crippen LogP contribution in [0.25, 0.3) is 0 Å². The third kappa shape index (κ3) is 33.4. The molecular formula is C80H68F28O18. The lowest BCUT2D eigenvalue weighted by Gasteiger charge is -2.27. The standard InChI is InChI=1S/C20H17F7O5.C20H15F7O5.C20H19F7O4.C20H17F7O4/c2*1-10(12-6-13(19(22,23)24)8-14(7-12)20(25,26)27)32-18(31-9-16(28)29)17(30)11-2-4-15(21)5-3-11;2*1-11(13-8-14(19(22,23)24)10-15(9-13)20(25,26)27)31-18(30-7-6-28)17(29)12-2-4-16(21)5-3-12/h2-8,10,17-18,30H,9H2,1H3,(H,28,29);2-8,10,18H,9H2,1H3,(H,28,29);2-5,8-11,17-18,28-29H,6-7H2,1H3;2-5,8-11,18,28H,6-7H2,1H3/t10-,17?,18+;10-,18+;11-,17?,18-;11-,18-/m1111/s1. The number of ketones is 2. The summed E-state index contributed by atoms with van der Waals surface area (Å²) in [7, 11) is 0. The van der Waals surface area contributed by atoms with Gasteiger partial charge in [-0.1, -0.05) is 24.3 Å². The van der Waals surface area contributed by atoms with Crippen LogP contribution in [-0.4, -0.2) is 119 Å². The number of ether oxygens (including phenoxy) is 8. The van der Waals surface area contributed by atoms with E-state index in [1.807, 2.05) is 0 Å². The molecule has 8 aromatic rings. The van der Waals surface area contributed by atoms with Gasteiger partial charge in [-0.15, -0.1) is 0 Å². The maximum Gasteiger partial charge on any atom is 0.416 e. The van der Waals surface area contributed by atoms with Gasteiger partial charge in [-0.05, 0) is 207 Å². The van der Waals surface area contributed by atoms with E-state index in [4.69, 9.17) is 58.3 Å². The predicted octanol–water partition coefficient (Wildman–Crippen LogP) is 20.5. The summed E-state index contributed by atoms with van der Waals surface area (Å²) in [5.41, 5.74) is -14.6. The number of aliphatic hydroxyl groups excluding tert-OH is 4. The van der Waals surface area contributed by atoms with Crippen LogP contribution in [-0.2, 0) is 96.9 Å². The Morgan fingerprint density at radius 3 is 0.722 bits per heavy atom. The van der Waals surface area contributed by atoms with Crippen molar-refractivity contribution in [3.05, 3.63) is 282 Å². The van der Waals surface area contributed by atoms with Crippen molar-refractivity contribution in [2.24, 2.45) is 0 Å². The molecular weight excluding hydrogens is 1780 g/mol. The molecule has 0 saturated carbocycles.